The van der Waals surface area contributed by atoms with Crippen LogP contribution in [0.2, 0.25) is 0 Å². The van der Waals surface area contributed by atoms with Gasteiger partial charge in [0.2, 0.25) is 10.0 Å². The van der Waals surface area contributed by atoms with E-state index in [2.05, 4.69) is 9.82 Å². The van der Waals surface area contributed by atoms with E-state index in [9.17, 15) is 8.42 Å². The van der Waals surface area contributed by atoms with E-state index < -0.39 is 10.0 Å². The summed E-state index contributed by atoms with van der Waals surface area (Å²) >= 11 is 0. The van der Waals surface area contributed by atoms with Gasteiger partial charge in [0.15, 0.2) is 0 Å². The zero-order valence-electron chi connectivity index (χ0n) is 11.3. The molecule has 0 bridgehead atoms. The van der Waals surface area contributed by atoms with Crippen molar-refractivity contribution < 1.29 is 8.42 Å². The van der Waals surface area contributed by atoms with Gasteiger partial charge in [-0.1, -0.05) is 0 Å². The first-order valence-corrected chi connectivity index (χ1v) is 8.76. The Morgan fingerprint density at radius 1 is 1.40 bits per heavy atom. The van der Waals surface area contributed by atoms with Gasteiger partial charge in [0.25, 0.3) is 0 Å². The Bertz CT molecular complexity index is 629. The van der Waals surface area contributed by atoms with Crippen molar-refractivity contribution in [3.8, 4) is 0 Å². The lowest BCUT2D eigenvalue weighted by atomic mass is 9.77. The molecule has 3 aliphatic rings. The molecular formula is C13H20N4O2S. The van der Waals surface area contributed by atoms with Crippen LogP contribution in [0.1, 0.15) is 32.1 Å². The van der Waals surface area contributed by atoms with Crippen LogP contribution in [0.4, 0.5) is 0 Å². The summed E-state index contributed by atoms with van der Waals surface area (Å²) in [6, 6.07) is 0.324. The molecule has 0 aliphatic heterocycles. The first kappa shape index (κ1) is 12.8. The summed E-state index contributed by atoms with van der Waals surface area (Å²) in [5.74, 6) is 0.682. The summed E-state index contributed by atoms with van der Waals surface area (Å²) in [5, 5.41) is 4.14. The maximum Gasteiger partial charge on any atom is 0.243 e. The maximum atomic E-state index is 12.3. The fourth-order valence-electron chi connectivity index (χ4n) is 3.29. The van der Waals surface area contributed by atoms with Crippen LogP contribution in [-0.4, -0.2) is 30.3 Å². The molecule has 3 aliphatic carbocycles. The molecule has 4 rings (SSSR count). The summed E-state index contributed by atoms with van der Waals surface area (Å²) in [5.41, 5.74) is 6.12. The van der Waals surface area contributed by atoms with Crippen molar-refractivity contribution in [2.45, 2.75) is 55.6 Å². The Labute approximate surface area is 118 Å². The van der Waals surface area contributed by atoms with Gasteiger partial charge in [0, 0.05) is 24.8 Å². The molecule has 3 saturated carbocycles. The Balaban J connectivity index is 1.39. The molecule has 20 heavy (non-hydrogen) atoms. The number of hydrogen-bond donors (Lipinski definition) is 2. The van der Waals surface area contributed by atoms with E-state index in [4.69, 9.17) is 5.73 Å². The van der Waals surface area contributed by atoms with Crippen LogP contribution in [0.3, 0.4) is 0 Å². The largest absolute Gasteiger partial charge is 0.327 e. The third-order valence-electron chi connectivity index (χ3n) is 4.94. The van der Waals surface area contributed by atoms with Crippen molar-refractivity contribution in [2.75, 3.05) is 0 Å². The summed E-state index contributed by atoms with van der Waals surface area (Å²) in [6.07, 6.45) is 8.34. The number of sulfonamides is 1. The number of aromatic nitrogens is 2. The topological polar surface area (TPSA) is 90.0 Å². The number of nitrogens with zero attached hydrogens (tertiary/aromatic N) is 2. The van der Waals surface area contributed by atoms with E-state index in [0.29, 0.717) is 5.92 Å². The third kappa shape index (κ3) is 2.17. The van der Waals surface area contributed by atoms with Gasteiger partial charge in [0.05, 0.1) is 6.20 Å². The first-order valence-electron chi connectivity index (χ1n) is 7.27. The average molecular weight is 296 g/mol. The normalized spacial score (nSPS) is 36.0. The predicted molar refractivity (Wildman–Crippen MR) is 73.3 cm³/mol. The number of rotatable bonds is 5. The summed E-state index contributed by atoms with van der Waals surface area (Å²) in [6.45, 7) is 0.830. The van der Waals surface area contributed by atoms with Gasteiger partial charge in [-0.25, -0.2) is 13.1 Å². The second-order valence-corrected chi connectivity index (χ2v) is 8.45. The van der Waals surface area contributed by atoms with E-state index in [1.807, 2.05) is 0 Å². The van der Waals surface area contributed by atoms with Crippen molar-refractivity contribution in [3.63, 3.8) is 0 Å². The molecule has 0 saturated heterocycles. The van der Waals surface area contributed by atoms with Crippen molar-refractivity contribution in [1.82, 2.24) is 14.5 Å². The third-order valence-corrected chi connectivity index (χ3v) is 6.42. The fraction of sp³-hybridized carbons (Fsp3) is 0.769. The zero-order valence-corrected chi connectivity index (χ0v) is 12.1. The summed E-state index contributed by atoms with van der Waals surface area (Å²) < 4.78 is 29.0. The van der Waals surface area contributed by atoms with E-state index >= 15 is 0 Å². The lowest BCUT2D eigenvalue weighted by molar-refractivity contribution is 0.215. The fourth-order valence-corrected chi connectivity index (χ4v) is 4.48. The lowest BCUT2D eigenvalue weighted by Gasteiger charge is -2.36. The SMILES string of the molecule is NC1CC12CC(NS(=O)(=O)c1cnn(CC3CC3)c1)C2. The van der Waals surface area contributed by atoms with Gasteiger partial charge in [-0.15, -0.1) is 0 Å². The summed E-state index contributed by atoms with van der Waals surface area (Å²) in [4.78, 5) is 0.277. The molecular weight excluding hydrogens is 276 g/mol. The highest BCUT2D eigenvalue weighted by molar-refractivity contribution is 7.89. The van der Waals surface area contributed by atoms with Gasteiger partial charge >= 0.3 is 0 Å². The van der Waals surface area contributed by atoms with Crippen LogP contribution >= 0.6 is 0 Å². The summed E-state index contributed by atoms with van der Waals surface area (Å²) in [7, 11) is -3.43. The smallest absolute Gasteiger partial charge is 0.243 e. The second-order valence-electron chi connectivity index (χ2n) is 6.74. The molecule has 110 valence electrons. The first-order chi connectivity index (χ1) is 9.47. The minimum atomic E-state index is -3.43. The van der Waals surface area contributed by atoms with Crippen LogP contribution in [-0.2, 0) is 16.6 Å². The van der Waals surface area contributed by atoms with Crippen LogP contribution < -0.4 is 10.5 Å². The number of hydrogen-bond acceptors (Lipinski definition) is 4. The molecule has 1 aromatic rings. The molecule has 1 unspecified atom stereocenters. The highest BCUT2D eigenvalue weighted by Crippen LogP contribution is 2.59. The minimum absolute atomic E-state index is 0.0420. The van der Waals surface area contributed by atoms with E-state index in [1.54, 1.807) is 10.9 Å². The van der Waals surface area contributed by atoms with Gasteiger partial charge in [-0.3, -0.25) is 4.68 Å². The van der Waals surface area contributed by atoms with Crippen LogP contribution in [0.5, 0.6) is 0 Å². The van der Waals surface area contributed by atoms with Gasteiger partial charge < -0.3 is 5.73 Å². The molecule has 6 nitrogen and oxygen atoms in total. The highest BCUT2D eigenvalue weighted by atomic mass is 32.2. The Hall–Kier alpha value is -0.920. The Morgan fingerprint density at radius 2 is 2.10 bits per heavy atom. The molecule has 1 heterocycles. The molecule has 3 fully saturated rings. The highest BCUT2D eigenvalue weighted by Gasteiger charge is 2.60. The molecule has 3 N–H and O–H groups in total. The van der Waals surface area contributed by atoms with Crippen molar-refractivity contribution in [1.29, 1.82) is 0 Å². The Kier molecular flexibility index (Phi) is 2.59. The van der Waals surface area contributed by atoms with Crippen LogP contribution in [0.15, 0.2) is 17.3 Å². The predicted octanol–water partition coefficient (Wildman–Crippen LogP) is 0.451. The van der Waals surface area contributed by atoms with Gasteiger partial charge in [-0.2, -0.15) is 5.10 Å². The van der Waals surface area contributed by atoms with Gasteiger partial charge in [0.1, 0.15) is 4.90 Å². The van der Waals surface area contributed by atoms with Crippen LogP contribution in [0, 0.1) is 11.3 Å². The zero-order chi connectivity index (χ0) is 14.0. The van der Waals surface area contributed by atoms with Crippen molar-refractivity contribution in [3.05, 3.63) is 12.4 Å². The molecule has 1 aromatic heterocycles. The minimum Gasteiger partial charge on any atom is -0.327 e. The second kappa shape index (κ2) is 4.05. The monoisotopic (exact) mass is 296 g/mol. The molecule has 1 spiro atoms. The van der Waals surface area contributed by atoms with Crippen molar-refractivity contribution in [2.24, 2.45) is 17.1 Å². The molecule has 0 aromatic carbocycles. The standard InChI is InChI=1S/C13H20N4O2S/c14-12-5-13(12)3-10(4-13)16-20(18,19)11-6-15-17(8-11)7-9-1-2-9/h6,8-10,12,16H,1-5,7,14H2. The van der Waals surface area contributed by atoms with Crippen molar-refractivity contribution >= 4 is 10.0 Å². The van der Waals surface area contributed by atoms with E-state index in [1.165, 1.54) is 19.0 Å². The average Bonchev–Trinajstić information content (AvgIpc) is 3.18. The molecule has 7 heteroatoms. The lowest BCUT2D eigenvalue weighted by Crippen LogP contribution is -2.47. The molecule has 1 atom stereocenters. The number of nitrogens with one attached hydrogen (secondary N) is 1. The molecule has 0 radical (unpaired) electrons. The quantitative estimate of drug-likeness (QED) is 0.825. The maximum absolute atomic E-state index is 12.3. The van der Waals surface area contributed by atoms with Crippen LogP contribution in [0.25, 0.3) is 0 Å². The van der Waals surface area contributed by atoms with Gasteiger partial charge in [-0.05, 0) is 43.4 Å². The Morgan fingerprint density at radius 3 is 2.70 bits per heavy atom. The number of nitrogens with two attached hydrogens (primary N) is 1. The van der Waals surface area contributed by atoms with E-state index in [0.717, 1.165) is 25.8 Å². The molecule has 0 amide bonds. The van der Waals surface area contributed by atoms with E-state index in [-0.39, 0.29) is 22.4 Å².